The summed E-state index contributed by atoms with van der Waals surface area (Å²) in [6.45, 7) is 3.35. The van der Waals surface area contributed by atoms with Crippen molar-refractivity contribution in [1.82, 2.24) is 19.5 Å². The van der Waals surface area contributed by atoms with Crippen LogP contribution < -0.4 is 4.72 Å². The highest BCUT2D eigenvalue weighted by molar-refractivity contribution is 7.88. The van der Waals surface area contributed by atoms with E-state index in [2.05, 4.69) is 62.3 Å². The first-order valence-corrected chi connectivity index (χ1v) is 17.0. The number of aromatic amines is 1. The second-order valence-electron chi connectivity index (χ2n) is 11.4. The van der Waals surface area contributed by atoms with Gasteiger partial charge in [-0.2, -0.15) is 0 Å². The van der Waals surface area contributed by atoms with Gasteiger partial charge in [0.05, 0.1) is 5.75 Å². The number of likely N-dealkylation sites (tertiary alicyclic amines) is 1. The highest BCUT2D eigenvalue weighted by Crippen LogP contribution is 2.40. The summed E-state index contributed by atoms with van der Waals surface area (Å²) >= 11 is 1.93. The molecule has 1 fully saturated rings. The molecule has 0 amide bonds. The molecule has 0 unspecified atom stereocenters. The van der Waals surface area contributed by atoms with Crippen molar-refractivity contribution in [1.29, 1.82) is 0 Å². The second-order valence-corrected chi connectivity index (χ2v) is 14.3. The summed E-state index contributed by atoms with van der Waals surface area (Å²) in [4.78, 5) is 9.39. The van der Waals surface area contributed by atoms with E-state index in [1.807, 2.05) is 49.8 Å². The predicted octanol–water partition coefficient (Wildman–Crippen LogP) is 5.70. The van der Waals surface area contributed by atoms with Crippen molar-refractivity contribution >= 4 is 37.8 Å². The lowest BCUT2D eigenvalue weighted by molar-refractivity contribution is 0.313. The van der Waals surface area contributed by atoms with E-state index < -0.39 is 10.0 Å². The van der Waals surface area contributed by atoms with Gasteiger partial charge in [-0.15, -0.1) is 11.3 Å². The van der Waals surface area contributed by atoms with Gasteiger partial charge in [0, 0.05) is 41.6 Å². The number of likely N-dealkylation sites (N-methyl/N-ethyl adjacent to an activating group) is 1. The van der Waals surface area contributed by atoms with E-state index in [0.717, 1.165) is 29.4 Å². The van der Waals surface area contributed by atoms with Gasteiger partial charge in [0.2, 0.25) is 10.0 Å². The number of aryl methyl sites for hydroxylation is 2. The lowest BCUT2D eigenvalue weighted by Crippen LogP contribution is -2.27. The average Bonchev–Trinajstić information content (AvgIpc) is 3.56. The Morgan fingerprint density at radius 2 is 1.78 bits per heavy atom. The van der Waals surface area contributed by atoms with Crippen LogP contribution in [0, 0.1) is 0 Å². The number of H-pyrrole nitrogens is 1. The maximum atomic E-state index is 11.6. The van der Waals surface area contributed by atoms with Crippen LogP contribution in [0.15, 0.2) is 65.7 Å². The summed E-state index contributed by atoms with van der Waals surface area (Å²) in [5, 5.41) is 3.38. The Bertz CT molecular complexity index is 1620. The molecule has 4 aromatic rings. The Labute approximate surface area is 249 Å². The Hall–Kier alpha value is -2.75. The molecule has 0 atom stereocenters. The first kappa shape index (κ1) is 29.7. The van der Waals surface area contributed by atoms with Gasteiger partial charge in [0.25, 0.3) is 0 Å². The predicted molar refractivity (Wildman–Crippen MR) is 173 cm³/mol. The van der Waals surface area contributed by atoms with Gasteiger partial charge >= 0.3 is 0 Å². The molecule has 2 aromatic heterocycles. The molecule has 0 radical (unpaired) electrons. The van der Waals surface area contributed by atoms with Crippen LogP contribution in [0.1, 0.15) is 45.5 Å². The molecule has 0 spiro atoms. The van der Waals surface area contributed by atoms with E-state index in [9.17, 15) is 8.42 Å². The van der Waals surface area contributed by atoms with E-state index in [1.165, 1.54) is 68.1 Å². The molecular formula is C33H42N4O2S2. The van der Waals surface area contributed by atoms with Gasteiger partial charge in [0.1, 0.15) is 0 Å². The van der Waals surface area contributed by atoms with Crippen molar-refractivity contribution in [2.45, 2.75) is 37.9 Å². The lowest BCUT2D eigenvalue weighted by Gasteiger charge is -2.27. The van der Waals surface area contributed by atoms with Gasteiger partial charge in [-0.05, 0) is 117 Å². The number of aromatic nitrogens is 1. The van der Waals surface area contributed by atoms with Crippen molar-refractivity contribution in [3.8, 4) is 0 Å². The Balaban J connectivity index is 0.000000165. The number of benzene rings is 2. The van der Waals surface area contributed by atoms with Crippen LogP contribution >= 0.6 is 11.3 Å². The number of nitrogens with zero attached hydrogens (tertiary/aromatic N) is 2. The van der Waals surface area contributed by atoms with Crippen LogP contribution in [0.2, 0.25) is 0 Å². The summed E-state index contributed by atoms with van der Waals surface area (Å²) in [5.74, 6) is 0.0116. The first-order valence-electron chi connectivity index (χ1n) is 14.4. The van der Waals surface area contributed by atoms with E-state index in [1.54, 1.807) is 16.0 Å². The van der Waals surface area contributed by atoms with Crippen LogP contribution in [-0.2, 0) is 35.0 Å². The normalized spacial score (nSPS) is 15.8. The van der Waals surface area contributed by atoms with Crippen LogP contribution in [0.25, 0.3) is 16.5 Å². The van der Waals surface area contributed by atoms with Crippen molar-refractivity contribution in [3.05, 3.63) is 98.4 Å². The largest absolute Gasteiger partial charge is 0.361 e. The summed E-state index contributed by atoms with van der Waals surface area (Å²) in [5.41, 5.74) is 10.8. The minimum atomic E-state index is -3.23. The number of rotatable bonds is 6. The van der Waals surface area contributed by atoms with Crippen molar-refractivity contribution in [2.24, 2.45) is 0 Å². The smallest absolute Gasteiger partial charge is 0.215 e. The molecule has 41 heavy (non-hydrogen) atoms. The molecular weight excluding hydrogens is 549 g/mol. The number of sulfonamides is 1. The van der Waals surface area contributed by atoms with Crippen LogP contribution in [0.5, 0.6) is 0 Å². The quantitative estimate of drug-likeness (QED) is 0.303. The van der Waals surface area contributed by atoms with Gasteiger partial charge < -0.3 is 14.8 Å². The van der Waals surface area contributed by atoms with E-state index in [4.69, 9.17) is 0 Å². The summed E-state index contributed by atoms with van der Waals surface area (Å²) in [6, 6.07) is 17.2. The van der Waals surface area contributed by atoms with E-state index in [0.29, 0.717) is 0 Å². The number of hydrogen-bond acceptors (Lipinski definition) is 5. The van der Waals surface area contributed by atoms with Crippen molar-refractivity contribution in [3.63, 3.8) is 0 Å². The molecule has 2 aliphatic rings. The maximum Gasteiger partial charge on any atom is 0.215 e. The summed E-state index contributed by atoms with van der Waals surface area (Å²) in [7, 11) is 4.52. The zero-order valence-electron chi connectivity index (χ0n) is 24.7. The van der Waals surface area contributed by atoms with Crippen molar-refractivity contribution < 1.29 is 8.42 Å². The molecule has 0 bridgehead atoms. The minimum Gasteiger partial charge on any atom is -0.361 e. The molecule has 8 heteroatoms. The zero-order chi connectivity index (χ0) is 29.0. The third kappa shape index (κ3) is 7.19. The lowest BCUT2D eigenvalue weighted by atomic mass is 9.88. The monoisotopic (exact) mass is 590 g/mol. The van der Waals surface area contributed by atoms with Gasteiger partial charge in [-0.3, -0.25) is 0 Å². The van der Waals surface area contributed by atoms with E-state index in [-0.39, 0.29) is 5.75 Å². The van der Waals surface area contributed by atoms with Gasteiger partial charge in [-0.25, -0.2) is 13.1 Å². The van der Waals surface area contributed by atoms with Gasteiger partial charge in [0.15, 0.2) is 0 Å². The van der Waals surface area contributed by atoms with Crippen LogP contribution in [0.4, 0.5) is 0 Å². The summed E-state index contributed by atoms with van der Waals surface area (Å²) in [6.07, 6.45) is 7.76. The van der Waals surface area contributed by atoms with E-state index >= 15 is 0 Å². The molecule has 2 N–H and O–H groups in total. The number of fused-ring (bicyclic) bond motifs is 3. The third-order valence-corrected chi connectivity index (χ3v) is 10.5. The van der Waals surface area contributed by atoms with Gasteiger partial charge in [-0.1, -0.05) is 35.9 Å². The molecule has 6 rings (SSSR count). The maximum absolute atomic E-state index is 11.6. The zero-order valence-corrected chi connectivity index (χ0v) is 26.3. The van der Waals surface area contributed by atoms with Crippen LogP contribution in [-0.4, -0.2) is 71.0 Å². The van der Waals surface area contributed by atoms with Crippen LogP contribution in [0.3, 0.4) is 0 Å². The SMILES string of the molecule is CN1CCC(=C2c3ccccc3CCc3sccc32)CC1.CNS(=O)(=O)Cc1ccc2[nH]cc(CCN(C)C)c2c1. The second kappa shape index (κ2) is 13.0. The topological polar surface area (TPSA) is 68.4 Å². The molecule has 1 aliphatic carbocycles. The molecule has 2 aromatic carbocycles. The molecule has 3 heterocycles. The number of thiophene rings is 1. The highest BCUT2D eigenvalue weighted by Gasteiger charge is 2.23. The first-order chi connectivity index (χ1) is 19.7. The number of hydrogen-bond donors (Lipinski definition) is 2. The fraction of sp³-hybridized carbons (Fsp3) is 0.394. The Kier molecular flexibility index (Phi) is 9.46. The van der Waals surface area contributed by atoms with Crippen molar-refractivity contribution in [2.75, 3.05) is 47.8 Å². The molecule has 1 aliphatic heterocycles. The highest BCUT2D eigenvalue weighted by atomic mass is 32.2. The third-order valence-electron chi connectivity index (χ3n) is 8.19. The standard InChI is InChI=1S/C19H21NS.C14H21N3O2S/c1-20-11-8-15(9-12-20)19-16-5-3-2-4-14(16)6-7-18-17(19)10-13-21-18;1-15-20(18,19)10-11-4-5-14-13(8-11)12(9-16-14)6-7-17(2)3/h2-5,10,13H,6-9,11-12H2,1H3;4-5,8-9,15-16H,6-7,10H2,1-3H3. The Morgan fingerprint density at radius 1 is 1.00 bits per heavy atom. The fourth-order valence-electron chi connectivity index (χ4n) is 5.81. The average molecular weight is 591 g/mol. The molecule has 218 valence electrons. The Morgan fingerprint density at radius 3 is 2.54 bits per heavy atom. The molecule has 1 saturated heterocycles. The molecule has 6 nitrogen and oxygen atoms in total. The molecule has 0 saturated carbocycles. The summed E-state index contributed by atoms with van der Waals surface area (Å²) < 4.78 is 25.6. The number of nitrogens with one attached hydrogen (secondary N) is 2. The number of piperidine rings is 1. The fourth-order valence-corrected chi connectivity index (χ4v) is 7.46. The minimum absolute atomic E-state index is 0.0116.